The van der Waals surface area contributed by atoms with Gasteiger partial charge in [0, 0.05) is 33.6 Å². The summed E-state index contributed by atoms with van der Waals surface area (Å²) in [5.74, 6) is 0. The number of aromatic amines is 1. The Balaban J connectivity index is 1.38. The third-order valence-corrected chi connectivity index (χ3v) is 8.65. The van der Waals surface area contributed by atoms with Gasteiger partial charge in [0.15, 0.2) is 0 Å². The molecule has 1 fully saturated rings. The lowest BCUT2D eigenvalue weighted by molar-refractivity contribution is -0.113. The molecule has 2 aromatic carbocycles. The molecule has 6 rings (SSSR count). The average Bonchev–Trinajstić information content (AvgIpc) is 3.49. The Labute approximate surface area is 193 Å². The fourth-order valence-electron chi connectivity index (χ4n) is 6.02. The van der Waals surface area contributed by atoms with E-state index >= 15 is 0 Å². The van der Waals surface area contributed by atoms with Crippen molar-refractivity contribution in [2.45, 2.75) is 43.2 Å². The van der Waals surface area contributed by atoms with Gasteiger partial charge in [-0.05, 0) is 75.5 Å². The maximum absolute atomic E-state index is 6.61. The van der Waals surface area contributed by atoms with Crippen LogP contribution in [0.2, 0.25) is 0 Å². The van der Waals surface area contributed by atoms with Crippen molar-refractivity contribution < 1.29 is 4.74 Å². The predicted octanol–water partition coefficient (Wildman–Crippen LogP) is 6.09. The molecule has 0 unspecified atom stereocenters. The fourth-order valence-corrected chi connectivity index (χ4v) is 6.66. The normalized spacial score (nSPS) is 25.5. The van der Waals surface area contributed by atoms with E-state index in [9.17, 15) is 0 Å². The summed E-state index contributed by atoms with van der Waals surface area (Å²) in [7, 11) is 4.45. The number of nitrogens with zero attached hydrogens (tertiary/aromatic N) is 2. The quantitative estimate of drug-likeness (QED) is 0.416. The second kappa shape index (κ2) is 7.55. The zero-order valence-electron chi connectivity index (χ0n) is 18.7. The van der Waals surface area contributed by atoms with Crippen molar-refractivity contribution in [1.82, 2.24) is 14.9 Å². The molecule has 2 aliphatic rings. The molecule has 3 heterocycles. The highest BCUT2D eigenvalue weighted by Crippen LogP contribution is 2.52. The van der Waals surface area contributed by atoms with Crippen molar-refractivity contribution in [2.24, 2.45) is 0 Å². The Morgan fingerprint density at radius 2 is 1.84 bits per heavy atom. The van der Waals surface area contributed by atoms with Crippen molar-refractivity contribution in [2.75, 3.05) is 20.7 Å². The van der Waals surface area contributed by atoms with Crippen LogP contribution >= 0.6 is 11.3 Å². The summed E-state index contributed by atoms with van der Waals surface area (Å²) >= 11 is 1.70. The first-order valence-electron chi connectivity index (χ1n) is 11.5. The Hall–Kier alpha value is -2.47. The van der Waals surface area contributed by atoms with Crippen molar-refractivity contribution >= 4 is 22.2 Å². The van der Waals surface area contributed by atoms with Crippen LogP contribution in [0.1, 0.15) is 42.5 Å². The first-order valence-corrected chi connectivity index (χ1v) is 12.4. The zero-order chi connectivity index (χ0) is 21.8. The molecule has 0 atom stereocenters. The molecular weight excluding hydrogens is 414 g/mol. The molecule has 1 N–H and O–H groups in total. The monoisotopic (exact) mass is 443 g/mol. The number of hydrogen-bond acceptors (Lipinski definition) is 4. The maximum atomic E-state index is 6.61. The van der Waals surface area contributed by atoms with E-state index in [4.69, 9.17) is 4.74 Å². The van der Waals surface area contributed by atoms with Gasteiger partial charge in [0.2, 0.25) is 0 Å². The molecule has 1 aliphatic heterocycles. The van der Waals surface area contributed by atoms with E-state index in [2.05, 4.69) is 77.5 Å². The molecule has 1 spiro atoms. The van der Waals surface area contributed by atoms with Gasteiger partial charge in [-0.1, -0.05) is 30.3 Å². The van der Waals surface area contributed by atoms with Gasteiger partial charge in [-0.3, -0.25) is 4.90 Å². The second-order valence-corrected chi connectivity index (χ2v) is 10.4. The molecule has 5 heteroatoms. The standard InChI is InChI=1S/C27H29N3OS/c1-30(2)26(20-6-4-3-5-7-20)11-13-27(14-12-26)24-21(10-16-31-27)22-18-19(8-9-23(22)29-24)25-28-15-17-32-25/h3-9,15,17-18,29H,10-14,16H2,1-2H3. The lowest BCUT2D eigenvalue weighted by atomic mass is 9.68. The van der Waals surface area contributed by atoms with Crippen LogP contribution in [-0.2, 0) is 22.3 Å². The van der Waals surface area contributed by atoms with Crippen LogP contribution in [0.5, 0.6) is 0 Å². The van der Waals surface area contributed by atoms with Crippen molar-refractivity contribution in [3.63, 3.8) is 0 Å². The van der Waals surface area contributed by atoms with E-state index in [0.717, 1.165) is 43.7 Å². The van der Waals surface area contributed by atoms with E-state index in [0.29, 0.717) is 0 Å². The highest BCUT2D eigenvalue weighted by atomic mass is 32.1. The minimum absolute atomic E-state index is 0.0670. The van der Waals surface area contributed by atoms with E-state index in [1.54, 1.807) is 11.3 Å². The van der Waals surface area contributed by atoms with Gasteiger partial charge < -0.3 is 9.72 Å². The molecule has 1 aliphatic carbocycles. The number of aromatic nitrogens is 2. The van der Waals surface area contributed by atoms with Gasteiger partial charge >= 0.3 is 0 Å². The third-order valence-electron chi connectivity index (χ3n) is 7.82. The first-order chi connectivity index (χ1) is 15.6. The number of H-pyrrole nitrogens is 1. The van der Waals surface area contributed by atoms with Crippen LogP contribution in [0.25, 0.3) is 21.5 Å². The smallest absolute Gasteiger partial charge is 0.123 e. The van der Waals surface area contributed by atoms with Gasteiger partial charge in [0.25, 0.3) is 0 Å². The Kier molecular flexibility index (Phi) is 4.75. The molecular formula is C27H29N3OS. The van der Waals surface area contributed by atoms with Crippen molar-refractivity contribution in [3.8, 4) is 10.6 Å². The largest absolute Gasteiger partial charge is 0.368 e. The number of rotatable bonds is 3. The third kappa shape index (κ3) is 2.99. The Morgan fingerprint density at radius 1 is 1.03 bits per heavy atom. The molecule has 4 nitrogen and oxygen atoms in total. The van der Waals surface area contributed by atoms with Gasteiger partial charge in [0.05, 0.1) is 12.3 Å². The van der Waals surface area contributed by atoms with Gasteiger partial charge in [0.1, 0.15) is 10.6 Å². The van der Waals surface area contributed by atoms with Gasteiger partial charge in [-0.15, -0.1) is 11.3 Å². The number of fused-ring (bicyclic) bond motifs is 4. The van der Waals surface area contributed by atoms with E-state index < -0.39 is 0 Å². The molecule has 0 amide bonds. The number of benzene rings is 2. The van der Waals surface area contributed by atoms with Crippen LogP contribution in [0.4, 0.5) is 0 Å². The SMILES string of the molecule is CN(C)C1(c2ccccc2)CCC2(CC1)OCCc1c2[nH]c2ccc(-c3nccs3)cc12. The summed E-state index contributed by atoms with van der Waals surface area (Å²) in [6.07, 6.45) is 7.08. The van der Waals surface area contributed by atoms with Crippen LogP contribution in [0.15, 0.2) is 60.1 Å². The Morgan fingerprint density at radius 3 is 2.56 bits per heavy atom. The van der Waals surface area contributed by atoms with Gasteiger partial charge in [-0.2, -0.15) is 0 Å². The van der Waals surface area contributed by atoms with Gasteiger partial charge in [-0.25, -0.2) is 4.98 Å². The van der Waals surface area contributed by atoms with Crippen molar-refractivity contribution in [3.05, 3.63) is 76.9 Å². The van der Waals surface area contributed by atoms with Crippen LogP contribution in [-0.4, -0.2) is 35.6 Å². The first kappa shape index (κ1) is 20.2. The topological polar surface area (TPSA) is 41.1 Å². The number of nitrogens with one attached hydrogen (secondary N) is 1. The summed E-state index contributed by atoms with van der Waals surface area (Å²) in [5.41, 5.74) is 6.46. The molecule has 164 valence electrons. The lowest BCUT2D eigenvalue weighted by Crippen LogP contribution is -2.50. The number of thiazole rings is 1. The van der Waals surface area contributed by atoms with Crippen LogP contribution in [0, 0.1) is 0 Å². The summed E-state index contributed by atoms with van der Waals surface area (Å²) in [6, 6.07) is 17.7. The van der Waals surface area contributed by atoms with E-state index in [1.165, 1.54) is 33.3 Å². The summed E-state index contributed by atoms with van der Waals surface area (Å²) in [4.78, 5) is 10.7. The summed E-state index contributed by atoms with van der Waals surface area (Å²) < 4.78 is 6.61. The molecule has 0 saturated heterocycles. The highest BCUT2D eigenvalue weighted by Gasteiger charge is 2.49. The molecule has 32 heavy (non-hydrogen) atoms. The Bertz CT molecular complexity index is 1230. The summed E-state index contributed by atoms with van der Waals surface area (Å²) in [5, 5.41) is 4.46. The van der Waals surface area contributed by atoms with Crippen LogP contribution < -0.4 is 0 Å². The molecule has 0 bridgehead atoms. The average molecular weight is 444 g/mol. The lowest BCUT2D eigenvalue weighted by Gasteiger charge is -2.50. The maximum Gasteiger partial charge on any atom is 0.123 e. The number of hydrogen-bond donors (Lipinski definition) is 1. The molecule has 0 radical (unpaired) electrons. The van der Waals surface area contributed by atoms with Crippen molar-refractivity contribution in [1.29, 1.82) is 0 Å². The molecule has 4 aromatic rings. The van der Waals surface area contributed by atoms with Crippen LogP contribution in [0.3, 0.4) is 0 Å². The number of ether oxygens (including phenoxy) is 1. The fraction of sp³-hybridized carbons (Fsp3) is 0.370. The minimum Gasteiger partial charge on any atom is -0.368 e. The predicted molar refractivity (Wildman–Crippen MR) is 131 cm³/mol. The molecule has 1 saturated carbocycles. The zero-order valence-corrected chi connectivity index (χ0v) is 19.5. The second-order valence-electron chi connectivity index (χ2n) is 9.46. The minimum atomic E-state index is -0.206. The van der Waals surface area contributed by atoms with E-state index in [-0.39, 0.29) is 11.1 Å². The molecule has 2 aromatic heterocycles. The highest BCUT2D eigenvalue weighted by molar-refractivity contribution is 7.13. The summed E-state index contributed by atoms with van der Waals surface area (Å²) in [6.45, 7) is 0.793. The van der Waals surface area contributed by atoms with E-state index in [1.807, 2.05) is 11.6 Å².